The molecule has 0 rings (SSSR count). The molecule has 186 valence electrons. The first-order valence-corrected chi connectivity index (χ1v) is 20.0. The van der Waals surface area contributed by atoms with Crippen LogP contribution in [0.2, 0.25) is 12.1 Å². The Morgan fingerprint density at radius 3 is 0.968 bits per heavy atom. The largest absolute Gasteiger partial charge is 0.500 e. The van der Waals surface area contributed by atoms with Crippen molar-refractivity contribution in [3.05, 3.63) is 0 Å². The van der Waals surface area contributed by atoms with Crippen LogP contribution in [-0.2, 0) is 48.3 Å². The molecule has 0 N–H and O–H groups in total. The summed E-state index contributed by atoms with van der Waals surface area (Å²) in [6.45, 7) is 15.8. The van der Waals surface area contributed by atoms with Gasteiger partial charge in [-0.3, -0.25) is 0 Å². The third-order valence-electron chi connectivity index (χ3n) is 3.73. The molecule has 0 amide bonds. The van der Waals surface area contributed by atoms with E-state index in [4.69, 9.17) is 26.6 Å². The molecule has 0 bridgehead atoms. The minimum atomic E-state index is -2.49. The van der Waals surface area contributed by atoms with Crippen LogP contribution in [0.15, 0.2) is 0 Å². The van der Waals surface area contributed by atoms with Gasteiger partial charge in [-0.2, -0.15) is 0 Å². The van der Waals surface area contributed by atoms with E-state index in [9.17, 15) is 0 Å². The van der Waals surface area contributed by atoms with E-state index < -0.39 is 17.6 Å². The van der Waals surface area contributed by atoms with Crippen molar-refractivity contribution in [1.82, 2.24) is 0 Å². The van der Waals surface area contributed by atoms with Crippen LogP contribution in [0.4, 0.5) is 0 Å². The van der Waals surface area contributed by atoms with Crippen LogP contribution in [0.5, 0.6) is 0 Å². The Labute approximate surface area is 223 Å². The van der Waals surface area contributed by atoms with Gasteiger partial charge in [0.25, 0.3) is 0 Å². The average Bonchev–Trinajstić information content (AvgIpc) is 2.70. The Hall–Kier alpha value is 2.31. The van der Waals surface area contributed by atoms with Gasteiger partial charge in [-0.1, -0.05) is 21.6 Å². The fourth-order valence-electron chi connectivity index (χ4n) is 2.81. The molecule has 0 unspecified atom stereocenters. The second kappa shape index (κ2) is 24.0. The maximum Gasteiger partial charge on any atom is 0.500 e. The van der Waals surface area contributed by atoms with E-state index >= 15 is 0 Å². The van der Waals surface area contributed by atoms with Gasteiger partial charge >= 0.3 is 17.6 Å². The standard InChI is InChI=1S/C18H42O6S4Si2.Ti/c1-7-19-29(20-8-2,21-9-3)17-13-15-25-27-28-26-16-14-18-30(22-10-4,23-11-5)24-12-6;/h7-18H2,1-6H3;. The third kappa shape index (κ3) is 17.4. The number of hydrogen-bond donors (Lipinski definition) is 0. The first-order chi connectivity index (χ1) is 14.6. The van der Waals surface area contributed by atoms with Crippen LogP contribution in [-0.4, -0.2) is 68.8 Å². The predicted molar refractivity (Wildman–Crippen MR) is 140 cm³/mol. The molecule has 13 heteroatoms. The molecule has 0 aromatic rings. The molecule has 0 radical (unpaired) electrons. The molecule has 0 saturated heterocycles. The first kappa shape index (κ1) is 35.5. The van der Waals surface area contributed by atoms with Crippen LogP contribution < -0.4 is 0 Å². The molecule has 0 aliphatic heterocycles. The molecule has 0 heterocycles. The number of hydrogen-bond acceptors (Lipinski definition) is 10. The second-order valence-corrected chi connectivity index (χ2v) is 17.7. The Balaban J connectivity index is 0. The van der Waals surface area contributed by atoms with E-state index in [0.29, 0.717) is 39.6 Å². The summed E-state index contributed by atoms with van der Waals surface area (Å²) in [6.07, 6.45) is 2.08. The van der Waals surface area contributed by atoms with Gasteiger partial charge in [-0.25, -0.2) is 0 Å². The van der Waals surface area contributed by atoms with Gasteiger partial charge in [0.1, 0.15) is 0 Å². The normalized spacial score (nSPS) is 12.2. The van der Waals surface area contributed by atoms with Gasteiger partial charge in [0.2, 0.25) is 0 Å². The molecule has 0 aliphatic carbocycles. The van der Waals surface area contributed by atoms with E-state index in [2.05, 4.69) is 0 Å². The van der Waals surface area contributed by atoms with Crippen molar-refractivity contribution in [1.29, 1.82) is 0 Å². The molecule has 31 heavy (non-hydrogen) atoms. The molecule has 6 nitrogen and oxygen atoms in total. The van der Waals surface area contributed by atoms with Gasteiger partial charge in [0.05, 0.1) is 0 Å². The maximum absolute atomic E-state index is 5.90. The molecule has 0 atom stereocenters. The van der Waals surface area contributed by atoms with Crippen molar-refractivity contribution >= 4 is 58.8 Å². The summed E-state index contributed by atoms with van der Waals surface area (Å²) in [6, 6.07) is 1.76. The van der Waals surface area contributed by atoms with Gasteiger partial charge in [-0.05, 0) is 74.0 Å². The number of rotatable bonds is 23. The quantitative estimate of drug-likeness (QED) is 0.0750. The summed E-state index contributed by atoms with van der Waals surface area (Å²) in [5.74, 6) is 2.13. The van der Waals surface area contributed by atoms with Gasteiger partial charge in [-0.15, -0.1) is 0 Å². The van der Waals surface area contributed by atoms with E-state index in [0.717, 1.165) is 36.4 Å². The molecular formula is C18H42O6S4Si2Ti. The Morgan fingerprint density at radius 1 is 0.484 bits per heavy atom. The fourth-order valence-corrected chi connectivity index (χ4v) is 14.7. The Kier molecular flexibility index (Phi) is 27.5. The van der Waals surface area contributed by atoms with Gasteiger partial charge in [0, 0.05) is 85.0 Å². The van der Waals surface area contributed by atoms with Crippen molar-refractivity contribution < 1.29 is 48.3 Å². The average molecular weight is 587 g/mol. The van der Waals surface area contributed by atoms with E-state index in [-0.39, 0.29) is 21.7 Å². The van der Waals surface area contributed by atoms with Gasteiger partial charge < -0.3 is 26.6 Å². The summed E-state index contributed by atoms with van der Waals surface area (Å²) in [5, 5.41) is 0. The minimum Gasteiger partial charge on any atom is -0.374 e. The molecule has 0 fully saturated rings. The zero-order chi connectivity index (χ0) is 22.6. The van der Waals surface area contributed by atoms with E-state index in [1.807, 2.05) is 82.8 Å². The van der Waals surface area contributed by atoms with Crippen molar-refractivity contribution in [2.24, 2.45) is 0 Å². The Bertz CT molecular complexity index is 327. The summed E-state index contributed by atoms with van der Waals surface area (Å²) in [5.41, 5.74) is 0. The molecule has 0 spiro atoms. The van der Waals surface area contributed by atoms with Crippen LogP contribution in [0.3, 0.4) is 0 Å². The van der Waals surface area contributed by atoms with E-state index in [1.54, 1.807) is 0 Å². The molecule has 0 saturated carbocycles. The topological polar surface area (TPSA) is 55.4 Å². The van der Waals surface area contributed by atoms with Crippen molar-refractivity contribution in [2.75, 3.05) is 51.1 Å². The molecule has 0 aliphatic rings. The zero-order valence-electron chi connectivity index (χ0n) is 20.1. The predicted octanol–water partition coefficient (Wildman–Crippen LogP) is 6.54. The Morgan fingerprint density at radius 2 is 0.742 bits per heavy atom. The SMILES string of the molecule is CCO[Si](CCCSSSSCCC[Si](OCC)(OCC)OCC)(OCC)OCC.[Ti]. The van der Waals surface area contributed by atoms with E-state index in [1.165, 1.54) is 0 Å². The van der Waals surface area contributed by atoms with Crippen LogP contribution in [0.1, 0.15) is 54.4 Å². The fraction of sp³-hybridized carbons (Fsp3) is 1.00. The minimum absolute atomic E-state index is 0. The van der Waals surface area contributed by atoms with Crippen LogP contribution in [0.25, 0.3) is 0 Å². The van der Waals surface area contributed by atoms with Crippen molar-refractivity contribution in [3.63, 3.8) is 0 Å². The monoisotopic (exact) mass is 586 g/mol. The summed E-state index contributed by atoms with van der Waals surface area (Å²) in [4.78, 5) is 0. The third-order valence-corrected chi connectivity index (χ3v) is 16.7. The van der Waals surface area contributed by atoms with Gasteiger partial charge in [0.15, 0.2) is 0 Å². The zero-order valence-corrected chi connectivity index (χ0v) is 26.9. The molecular weight excluding hydrogens is 544 g/mol. The summed E-state index contributed by atoms with van der Waals surface area (Å²) >= 11 is 0. The summed E-state index contributed by atoms with van der Waals surface area (Å²) < 4.78 is 35.4. The van der Waals surface area contributed by atoms with Crippen LogP contribution >= 0.6 is 41.2 Å². The van der Waals surface area contributed by atoms with Crippen molar-refractivity contribution in [2.45, 2.75) is 66.5 Å². The maximum atomic E-state index is 5.90. The molecule has 0 aromatic carbocycles. The van der Waals surface area contributed by atoms with Crippen LogP contribution in [0, 0.1) is 0 Å². The summed E-state index contributed by atoms with van der Waals surface area (Å²) in [7, 11) is 2.48. The smallest absolute Gasteiger partial charge is 0.374 e. The second-order valence-electron chi connectivity index (χ2n) is 5.95. The first-order valence-electron chi connectivity index (χ1n) is 11.0. The van der Waals surface area contributed by atoms with Crippen molar-refractivity contribution in [3.8, 4) is 0 Å². The molecule has 0 aromatic heterocycles.